The fraction of sp³-hybridized carbons (Fsp3) is 0.500. The summed E-state index contributed by atoms with van der Waals surface area (Å²) in [5.74, 6) is 1.37. The van der Waals surface area contributed by atoms with Crippen molar-refractivity contribution in [3.63, 3.8) is 0 Å². The quantitative estimate of drug-likeness (QED) is 0.887. The molecule has 1 N–H and O–H groups in total. The van der Waals surface area contributed by atoms with Gasteiger partial charge in [-0.3, -0.25) is 0 Å². The van der Waals surface area contributed by atoms with Gasteiger partial charge in [-0.25, -0.2) is 9.67 Å². The first-order valence-electron chi connectivity index (χ1n) is 5.73. The Morgan fingerprint density at radius 2 is 2.29 bits per heavy atom. The standard InChI is InChI=1S/C12H17N3OS/c1-9(2)6-15-12(13-8-14-15)5-11(16)10-3-4-17-7-10/h3-4,7-9,11,16H,5-6H2,1-2H3. The van der Waals surface area contributed by atoms with Crippen LogP contribution in [0, 0.1) is 5.92 Å². The summed E-state index contributed by atoms with van der Waals surface area (Å²) in [5.41, 5.74) is 0.953. The summed E-state index contributed by atoms with van der Waals surface area (Å²) in [7, 11) is 0. The van der Waals surface area contributed by atoms with E-state index in [4.69, 9.17) is 0 Å². The van der Waals surface area contributed by atoms with Crippen molar-refractivity contribution in [3.8, 4) is 0 Å². The molecular formula is C12H17N3OS. The summed E-state index contributed by atoms with van der Waals surface area (Å²) in [4.78, 5) is 4.21. The van der Waals surface area contributed by atoms with Crippen LogP contribution in [0.1, 0.15) is 31.3 Å². The highest BCUT2D eigenvalue weighted by molar-refractivity contribution is 7.07. The molecule has 0 bridgehead atoms. The number of aromatic nitrogens is 3. The molecule has 0 fully saturated rings. The zero-order valence-corrected chi connectivity index (χ0v) is 10.9. The van der Waals surface area contributed by atoms with E-state index < -0.39 is 6.10 Å². The Hall–Kier alpha value is -1.20. The van der Waals surface area contributed by atoms with E-state index in [0.717, 1.165) is 17.9 Å². The van der Waals surface area contributed by atoms with Crippen molar-refractivity contribution in [1.29, 1.82) is 0 Å². The molecule has 5 heteroatoms. The molecule has 0 amide bonds. The fourth-order valence-corrected chi connectivity index (χ4v) is 2.41. The van der Waals surface area contributed by atoms with Crippen molar-refractivity contribution in [1.82, 2.24) is 14.8 Å². The molecule has 0 radical (unpaired) electrons. The highest BCUT2D eigenvalue weighted by Gasteiger charge is 2.14. The van der Waals surface area contributed by atoms with Crippen LogP contribution < -0.4 is 0 Å². The Bertz CT molecular complexity index is 450. The maximum Gasteiger partial charge on any atom is 0.138 e. The minimum atomic E-state index is -0.489. The van der Waals surface area contributed by atoms with E-state index in [-0.39, 0.29) is 0 Å². The molecule has 17 heavy (non-hydrogen) atoms. The van der Waals surface area contributed by atoms with E-state index in [1.807, 2.05) is 21.5 Å². The summed E-state index contributed by atoms with van der Waals surface area (Å²) in [6.45, 7) is 5.12. The van der Waals surface area contributed by atoms with Crippen molar-refractivity contribution in [2.24, 2.45) is 5.92 Å². The molecule has 1 atom stereocenters. The number of aliphatic hydroxyl groups is 1. The number of nitrogens with zero attached hydrogens (tertiary/aromatic N) is 3. The van der Waals surface area contributed by atoms with Crippen molar-refractivity contribution < 1.29 is 5.11 Å². The fourth-order valence-electron chi connectivity index (χ4n) is 1.70. The van der Waals surface area contributed by atoms with Gasteiger partial charge in [0.05, 0.1) is 6.10 Å². The molecule has 0 aliphatic carbocycles. The summed E-state index contributed by atoms with van der Waals surface area (Å²) < 4.78 is 1.88. The van der Waals surface area contributed by atoms with E-state index in [1.54, 1.807) is 17.7 Å². The van der Waals surface area contributed by atoms with Crippen LogP contribution in [-0.4, -0.2) is 19.9 Å². The normalized spacial score (nSPS) is 13.2. The average Bonchev–Trinajstić information content (AvgIpc) is 2.89. The lowest BCUT2D eigenvalue weighted by molar-refractivity contribution is 0.174. The third-order valence-corrected chi connectivity index (χ3v) is 3.24. The molecule has 2 aromatic heterocycles. The second-order valence-corrected chi connectivity index (χ2v) is 5.31. The van der Waals surface area contributed by atoms with Gasteiger partial charge in [0.1, 0.15) is 12.2 Å². The zero-order valence-electron chi connectivity index (χ0n) is 10.1. The lowest BCUT2D eigenvalue weighted by Gasteiger charge is -2.11. The van der Waals surface area contributed by atoms with Gasteiger partial charge < -0.3 is 5.11 Å². The Kier molecular flexibility index (Phi) is 3.91. The van der Waals surface area contributed by atoms with E-state index in [1.165, 1.54) is 0 Å². The molecule has 2 rings (SSSR count). The van der Waals surface area contributed by atoms with Gasteiger partial charge >= 0.3 is 0 Å². The minimum Gasteiger partial charge on any atom is -0.388 e. The molecule has 92 valence electrons. The molecular weight excluding hydrogens is 234 g/mol. The van der Waals surface area contributed by atoms with Crippen molar-refractivity contribution >= 4 is 11.3 Å². The second kappa shape index (κ2) is 5.42. The Morgan fingerprint density at radius 3 is 2.94 bits per heavy atom. The van der Waals surface area contributed by atoms with Crippen LogP contribution in [-0.2, 0) is 13.0 Å². The molecule has 0 aliphatic rings. The zero-order chi connectivity index (χ0) is 12.3. The van der Waals surface area contributed by atoms with E-state index in [9.17, 15) is 5.11 Å². The molecule has 0 aromatic carbocycles. The first-order chi connectivity index (χ1) is 8.16. The Morgan fingerprint density at radius 1 is 1.47 bits per heavy atom. The molecule has 1 unspecified atom stereocenters. The molecule has 0 saturated carbocycles. The van der Waals surface area contributed by atoms with Crippen LogP contribution in [0.5, 0.6) is 0 Å². The van der Waals surface area contributed by atoms with Crippen LogP contribution in [0.15, 0.2) is 23.2 Å². The van der Waals surface area contributed by atoms with Gasteiger partial charge in [-0.05, 0) is 28.3 Å². The van der Waals surface area contributed by atoms with Crippen molar-refractivity contribution in [2.45, 2.75) is 32.9 Å². The Balaban J connectivity index is 2.06. The molecule has 0 aliphatic heterocycles. The van der Waals surface area contributed by atoms with Crippen LogP contribution in [0.2, 0.25) is 0 Å². The maximum atomic E-state index is 10.1. The van der Waals surface area contributed by atoms with Crippen LogP contribution >= 0.6 is 11.3 Å². The van der Waals surface area contributed by atoms with Gasteiger partial charge in [-0.2, -0.15) is 16.4 Å². The van der Waals surface area contributed by atoms with Crippen LogP contribution in [0.4, 0.5) is 0 Å². The lowest BCUT2D eigenvalue weighted by atomic mass is 10.1. The van der Waals surface area contributed by atoms with Gasteiger partial charge in [0.15, 0.2) is 0 Å². The molecule has 2 heterocycles. The first-order valence-corrected chi connectivity index (χ1v) is 6.68. The molecule has 4 nitrogen and oxygen atoms in total. The first kappa shape index (κ1) is 12.3. The third kappa shape index (κ3) is 3.14. The smallest absolute Gasteiger partial charge is 0.138 e. The van der Waals surface area contributed by atoms with Gasteiger partial charge in [-0.1, -0.05) is 13.8 Å². The highest BCUT2D eigenvalue weighted by Crippen LogP contribution is 2.19. The molecule has 2 aromatic rings. The van der Waals surface area contributed by atoms with Gasteiger partial charge in [-0.15, -0.1) is 0 Å². The second-order valence-electron chi connectivity index (χ2n) is 4.53. The number of rotatable bonds is 5. The summed E-state index contributed by atoms with van der Waals surface area (Å²) in [6, 6.07) is 1.94. The summed E-state index contributed by atoms with van der Waals surface area (Å²) in [6.07, 6.45) is 1.58. The number of hydrogen-bond acceptors (Lipinski definition) is 4. The summed E-state index contributed by atoms with van der Waals surface area (Å²) >= 11 is 1.59. The van der Waals surface area contributed by atoms with Crippen molar-refractivity contribution in [2.75, 3.05) is 0 Å². The largest absolute Gasteiger partial charge is 0.388 e. The topological polar surface area (TPSA) is 50.9 Å². The average molecular weight is 251 g/mol. The maximum absolute atomic E-state index is 10.1. The van der Waals surface area contributed by atoms with E-state index in [0.29, 0.717) is 12.3 Å². The Labute approximate surface area is 105 Å². The predicted octanol–water partition coefficient (Wildman–Crippen LogP) is 2.27. The molecule has 0 saturated heterocycles. The highest BCUT2D eigenvalue weighted by atomic mass is 32.1. The van der Waals surface area contributed by atoms with Gasteiger partial charge in [0.25, 0.3) is 0 Å². The minimum absolute atomic E-state index is 0.489. The van der Waals surface area contributed by atoms with Gasteiger partial charge in [0, 0.05) is 13.0 Å². The number of hydrogen-bond donors (Lipinski definition) is 1. The lowest BCUT2D eigenvalue weighted by Crippen LogP contribution is -2.13. The van der Waals surface area contributed by atoms with Gasteiger partial charge in [0.2, 0.25) is 0 Å². The molecule has 0 spiro atoms. The van der Waals surface area contributed by atoms with Crippen LogP contribution in [0.25, 0.3) is 0 Å². The SMILES string of the molecule is CC(C)Cn1ncnc1CC(O)c1ccsc1. The van der Waals surface area contributed by atoms with E-state index in [2.05, 4.69) is 23.9 Å². The predicted molar refractivity (Wildman–Crippen MR) is 67.8 cm³/mol. The monoisotopic (exact) mass is 251 g/mol. The van der Waals surface area contributed by atoms with E-state index >= 15 is 0 Å². The number of aliphatic hydroxyl groups excluding tert-OH is 1. The number of thiophene rings is 1. The van der Waals surface area contributed by atoms with Crippen LogP contribution in [0.3, 0.4) is 0 Å². The third-order valence-electron chi connectivity index (χ3n) is 2.54. The summed E-state index contributed by atoms with van der Waals surface area (Å²) in [5, 5.41) is 18.2. The van der Waals surface area contributed by atoms with Crippen molar-refractivity contribution in [3.05, 3.63) is 34.5 Å².